The normalized spacial score (nSPS) is 10.9. The molecule has 3 nitrogen and oxygen atoms in total. The predicted molar refractivity (Wildman–Crippen MR) is 85.7 cm³/mol. The molecule has 5 heteroatoms. The van der Waals surface area contributed by atoms with Crippen LogP contribution >= 0.6 is 23.2 Å². The van der Waals surface area contributed by atoms with Gasteiger partial charge in [-0.1, -0.05) is 37.0 Å². The van der Waals surface area contributed by atoms with Gasteiger partial charge in [-0.05, 0) is 31.0 Å². The van der Waals surface area contributed by atoms with Crippen molar-refractivity contribution in [2.75, 3.05) is 11.9 Å². The summed E-state index contributed by atoms with van der Waals surface area (Å²) in [5.74, 6) is 1.12. The second-order valence-electron chi connectivity index (χ2n) is 4.79. The summed E-state index contributed by atoms with van der Waals surface area (Å²) < 4.78 is 0. The van der Waals surface area contributed by atoms with E-state index >= 15 is 0 Å². The van der Waals surface area contributed by atoms with E-state index in [1.807, 2.05) is 13.0 Å². The first-order valence-electron chi connectivity index (χ1n) is 6.58. The van der Waals surface area contributed by atoms with Crippen molar-refractivity contribution in [2.24, 2.45) is 0 Å². The van der Waals surface area contributed by atoms with Crippen LogP contribution in [0.3, 0.4) is 0 Å². The number of nitrogens with zero attached hydrogens (tertiary/aromatic N) is 2. The zero-order valence-corrected chi connectivity index (χ0v) is 13.3. The molecule has 106 valence electrons. The number of halogens is 2. The van der Waals surface area contributed by atoms with Crippen molar-refractivity contribution in [3.05, 3.63) is 40.1 Å². The zero-order chi connectivity index (χ0) is 14.7. The van der Waals surface area contributed by atoms with Crippen molar-refractivity contribution in [3.63, 3.8) is 0 Å². The Bertz CT molecular complexity index is 612. The van der Waals surface area contributed by atoms with Crippen LogP contribution in [-0.4, -0.2) is 16.5 Å². The third-order valence-electron chi connectivity index (χ3n) is 2.99. The van der Waals surface area contributed by atoms with Gasteiger partial charge in [0, 0.05) is 22.7 Å². The Morgan fingerprint density at radius 1 is 1.20 bits per heavy atom. The molecule has 1 aromatic heterocycles. The molecule has 1 N–H and O–H groups in total. The van der Waals surface area contributed by atoms with Gasteiger partial charge < -0.3 is 5.32 Å². The van der Waals surface area contributed by atoms with E-state index in [-0.39, 0.29) is 5.92 Å². The van der Waals surface area contributed by atoms with Crippen LogP contribution in [0.4, 0.5) is 5.82 Å². The van der Waals surface area contributed by atoms with Crippen molar-refractivity contribution >= 4 is 29.0 Å². The monoisotopic (exact) mass is 309 g/mol. The summed E-state index contributed by atoms with van der Waals surface area (Å²) >= 11 is 12.4. The molecule has 1 heterocycles. The smallest absolute Gasteiger partial charge is 0.133 e. The third-order valence-corrected chi connectivity index (χ3v) is 3.55. The highest BCUT2D eigenvalue weighted by Gasteiger charge is 2.18. The van der Waals surface area contributed by atoms with Crippen LogP contribution in [0.5, 0.6) is 0 Å². The van der Waals surface area contributed by atoms with Gasteiger partial charge in [-0.3, -0.25) is 0 Å². The molecule has 0 radical (unpaired) electrons. The fourth-order valence-electron chi connectivity index (χ4n) is 2.14. The Kier molecular flexibility index (Phi) is 4.84. The molecule has 0 saturated heterocycles. The van der Waals surface area contributed by atoms with Gasteiger partial charge in [0.05, 0.1) is 10.7 Å². The molecule has 2 rings (SSSR count). The van der Waals surface area contributed by atoms with Crippen LogP contribution in [0.25, 0.3) is 11.3 Å². The fraction of sp³-hybridized carbons (Fsp3) is 0.333. The first-order valence-corrected chi connectivity index (χ1v) is 7.34. The van der Waals surface area contributed by atoms with E-state index in [1.54, 1.807) is 18.5 Å². The maximum absolute atomic E-state index is 6.30. The average Bonchev–Trinajstić information content (AvgIpc) is 2.41. The minimum absolute atomic E-state index is 0.273. The second kappa shape index (κ2) is 6.42. The van der Waals surface area contributed by atoms with E-state index in [4.69, 9.17) is 23.2 Å². The van der Waals surface area contributed by atoms with Gasteiger partial charge in [-0.15, -0.1) is 0 Å². The second-order valence-corrected chi connectivity index (χ2v) is 5.64. The third kappa shape index (κ3) is 3.05. The van der Waals surface area contributed by atoms with E-state index in [2.05, 4.69) is 29.1 Å². The summed E-state index contributed by atoms with van der Waals surface area (Å²) in [6.07, 6.45) is 1.55. The molecular formula is C15H17Cl2N3. The first-order chi connectivity index (χ1) is 9.54. The van der Waals surface area contributed by atoms with Gasteiger partial charge in [0.2, 0.25) is 0 Å². The average molecular weight is 310 g/mol. The van der Waals surface area contributed by atoms with Crippen molar-refractivity contribution in [1.82, 2.24) is 9.97 Å². The van der Waals surface area contributed by atoms with Gasteiger partial charge in [0.15, 0.2) is 0 Å². The largest absolute Gasteiger partial charge is 0.370 e. The molecule has 0 amide bonds. The molecule has 0 aliphatic heterocycles. The molecule has 0 fully saturated rings. The summed E-state index contributed by atoms with van der Waals surface area (Å²) in [6.45, 7) is 7.07. The van der Waals surface area contributed by atoms with Gasteiger partial charge in [-0.25, -0.2) is 9.97 Å². The van der Waals surface area contributed by atoms with E-state index in [9.17, 15) is 0 Å². The minimum atomic E-state index is 0.273. The molecule has 0 saturated carbocycles. The lowest BCUT2D eigenvalue weighted by Crippen LogP contribution is -2.07. The quantitative estimate of drug-likeness (QED) is 0.863. The molecule has 0 unspecified atom stereocenters. The Hall–Kier alpha value is -1.32. The summed E-state index contributed by atoms with van der Waals surface area (Å²) in [4.78, 5) is 8.75. The van der Waals surface area contributed by atoms with E-state index in [0.29, 0.717) is 10.0 Å². The highest BCUT2D eigenvalue weighted by atomic mass is 35.5. The van der Waals surface area contributed by atoms with Gasteiger partial charge in [-0.2, -0.15) is 0 Å². The molecular weight excluding hydrogens is 293 g/mol. The lowest BCUT2D eigenvalue weighted by Gasteiger charge is -2.17. The summed E-state index contributed by atoms with van der Waals surface area (Å²) in [5.41, 5.74) is 2.72. The van der Waals surface area contributed by atoms with Crippen LogP contribution in [0.2, 0.25) is 10.0 Å². The number of anilines is 1. The zero-order valence-electron chi connectivity index (χ0n) is 11.7. The van der Waals surface area contributed by atoms with Crippen LogP contribution in [-0.2, 0) is 0 Å². The number of hydrogen-bond donors (Lipinski definition) is 1. The lowest BCUT2D eigenvalue weighted by molar-refractivity contribution is 0.849. The van der Waals surface area contributed by atoms with Gasteiger partial charge in [0.25, 0.3) is 0 Å². The Morgan fingerprint density at radius 2 is 1.95 bits per heavy atom. The molecule has 0 atom stereocenters. The number of hydrogen-bond acceptors (Lipinski definition) is 3. The highest BCUT2D eigenvalue weighted by Crippen LogP contribution is 2.36. The highest BCUT2D eigenvalue weighted by molar-refractivity contribution is 6.35. The molecule has 0 bridgehead atoms. The summed E-state index contributed by atoms with van der Waals surface area (Å²) in [5, 5.41) is 4.55. The first kappa shape index (κ1) is 15.1. The molecule has 0 spiro atoms. The molecule has 2 aromatic rings. The van der Waals surface area contributed by atoms with Crippen molar-refractivity contribution < 1.29 is 0 Å². The van der Waals surface area contributed by atoms with Crippen LogP contribution in [0.15, 0.2) is 24.5 Å². The van der Waals surface area contributed by atoms with Gasteiger partial charge >= 0.3 is 0 Å². The molecule has 20 heavy (non-hydrogen) atoms. The molecule has 0 aliphatic carbocycles. The van der Waals surface area contributed by atoms with Crippen LogP contribution < -0.4 is 5.32 Å². The standard InChI is InChI=1S/C15H17Cl2N3/c1-4-18-15-13(9(2)3)14(19-8-20-15)11-7-10(16)5-6-12(11)17/h5-9H,4H2,1-3H3,(H,18,19,20). The lowest BCUT2D eigenvalue weighted by atomic mass is 9.97. The maximum atomic E-state index is 6.30. The fourth-order valence-corrected chi connectivity index (χ4v) is 2.52. The Balaban J connectivity index is 2.67. The van der Waals surface area contributed by atoms with Crippen molar-refractivity contribution in [3.8, 4) is 11.3 Å². The predicted octanol–water partition coefficient (Wildman–Crippen LogP) is 5.01. The summed E-state index contributed by atoms with van der Waals surface area (Å²) in [6, 6.07) is 5.40. The van der Waals surface area contributed by atoms with Crippen molar-refractivity contribution in [2.45, 2.75) is 26.7 Å². The van der Waals surface area contributed by atoms with Crippen molar-refractivity contribution in [1.29, 1.82) is 0 Å². The van der Waals surface area contributed by atoms with E-state index in [1.165, 1.54) is 0 Å². The number of aromatic nitrogens is 2. The summed E-state index contributed by atoms with van der Waals surface area (Å²) in [7, 11) is 0. The molecule has 1 aromatic carbocycles. The minimum Gasteiger partial charge on any atom is -0.370 e. The van der Waals surface area contributed by atoms with Crippen LogP contribution in [0.1, 0.15) is 32.3 Å². The Labute approximate surface area is 129 Å². The van der Waals surface area contributed by atoms with Gasteiger partial charge in [0.1, 0.15) is 12.1 Å². The molecule has 0 aliphatic rings. The van der Waals surface area contributed by atoms with E-state index in [0.717, 1.165) is 29.2 Å². The van der Waals surface area contributed by atoms with E-state index < -0.39 is 0 Å². The number of benzene rings is 1. The number of rotatable bonds is 4. The topological polar surface area (TPSA) is 37.8 Å². The van der Waals surface area contributed by atoms with Crippen LogP contribution in [0, 0.1) is 0 Å². The Morgan fingerprint density at radius 3 is 2.60 bits per heavy atom. The SMILES string of the molecule is CCNc1ncnc(-c2cc(Cl)ccc2Cl)c1C(C)C. The number of nitrogens with one attached hydrogen (secondary N) is 1. The maximum Gasteiger partial charge on any atom is 0.133 e.